The number of unbranched alkanes of at least 4 members (excludes halogenated alkanes) is 1. The molecule has 0 aliphatic carbocycles. The van der Waals surface area contributed by atoms with Gasteiger partial charge >= 0.3 is 5.97 Å². The van der Waals surface area contributed by atoms with Gasteiger partial charge in [0.15, 0.2) is 12.6 Å². The lowest BCUT2D eigenvalue weighted by Crippen LogP contribution is -2.61. The molecular formula is C49H83N5O11. The first kappa shape index (κ1) is 53.3. The molecule has 3 N–H and O–H groups in total. The third kappa shape index (κ3) is 12.9. The lowest BCUT2D eigenvalue weighted by molar-refractivity contribution is -0.319. The van der Waals surface area contributed by atoms with Gasteiger partial charge in [-0.1, -0.05) is 63.6 Å². The highest BCUT2D eigenvalue weighted by Gasteiger charge is 2.52. The van der Waals surface area contributed by atoms with E-state index in [1.54, 1.807) is 32.7 Å². The van der Waals surface area contributed by atoms with Crippen molar-refractivity contribution < 1.29 is 53.3 Å². The number of aryl methyl sites for hydroxylation is 1. The second kappa shape index (κ2) is 23.1. The Balaban J connectivity index is 1.52. The van der Waals surface area contributed by atoms with Crippen molar-refractivity contribution in [2.24, 2.45) is 23.7 Å². The Morgan fingerprint density at radius 2 is 1.58 bits per heavy atom. The van der Waals surface area contributed by atoms with Gasteiger partial charge < -0.3 is 53.4 Å². The second-order valence-electron chi connectivity index (χ2n) is 20.3. The zero-order valence-electron chi connectivity index (χ0n) is 41.8. The Labute approximate surface area is 388 Å². The quantitative estimate of drug-likeness (QED) is 0.230. The summed E-state index contributed by atoms with van der Waals surface area (Å²) >= 11 is 0. The van der Waals surface area contributed by atoms with Gasteiger partial charge in [-0.05, 0) is 98.8 Å². The number of likely N-dealkylation sites (N-methyl/N-ethyl adjacent to an activating group) is 2. The summed E-state index contributed by atoms with van der Waals surface area (Å²) in [6.45, 7) is 18.3. The van der Waals surface area contributed by atoms with Crippen LogP contribution in [0.1, 0.15) is 100.0 Å². The Kier molecular flexibility index (Phi) is 19.0. The van der Waals surface area contributed by atoms with Gasteiger partial charge in [0.1, 0.15) is 24.5 Å². The predicted molar refractivity (Wildman–Crippen MR) is 247 cm³/mol. The number of aliphatic hydroxyl groups is 3. The van der Waals surface area contributed by atoms with Crippen molar-refractivity contribution in [3.63, 3.8) is 0 Å². The Morgan fingerprint density at radius 3 is 2.22 bits per heavy atom. The Hall–Kier alpha value is -2.61. The van der Waals surface area contributed by atoms with Gasteiger partial charge in [0.05, 0.1) is 66.4 Å². The number of cyclic esters (lactones) is 1. The molecule has 5 rings (SSSR count). The first-order valence-electron chi connectivity index (χ1n) is 23.9. The topological polar surface area (TPSA) is 180 Å². The molecule has 3 aliphatic heterocycles. The maximum atomic E-state index is 14.6. The van der Waals surface area contributed by atoms with Gasteiger partial charge in [0.2, 0.25) is 0 Å². The summed E-state index contributed by atoms with van der Waals surface area (Å²) in [7, 11) is 8.98. The first-order chi connectivity index (χ1) is 30.6. The predicted octanol–water partition coefficient (Wildman–Crippen LogP) is 4.94. The number of benzene rings is 1. The van der Waals surface area contributed by atoms with E-state index >= 15 is 0 Å². The van der Waals surface area contributed by atoms with E-state index in [-0.39, 0.29) is 43.1 Å². The Bertz CT molecular complexity index is 1770. The van der Waals surface area contributed by atoms with Gasteiger partial charge in [-0.15, -0.1) is 5.10 Å². The number of aliphatic hydroxyl groups excluding tert-OH is 3. The van der Waals surface area contributed by atoms with Crippen LogP contribution in [0.15, 0.2) is 30.5 Å². The van der Waals surface area contributed by atoms with E-state index in [1.165, 1.54) is 5.56 Å². The molecule has 16 heteroatoms. The number of methoxy groups -OCH3 is 2. The maximum absolute atomic E-state index is 14.6. The average Bonchev–Trinajstić information content (AvgIpc) is 3.75. The zero-order chi connectivity index (χ0) is 48.0. The smallest absolute Gasteiger partial charge is 0.311 e. The molecule has 0 amide bonds. The molecular weight excluding hydrogens is 835 g/mol. The molecule has 17 atom stereocenters. The molecule has 0 unspecified atom stereocenters. The normalized spacial score (nSPS) is 39.7. The van der Waals surface area contributed by atoms with Crippen molar-refractivity contribution in [1.29, 1.82) is 0 Å². The summed E-state index contributed by atoms with van der Waals surface area (Å²) in [6.07, 6.45) is -0.909. The fourth-order valence-corrected chi connectivity index (χ4v) is 10.3. The summed E-state index contributed by atoms with van der Waals surface area (Å²) in [6, 6.07) is 7.85. The minimum absolute atomic E-state index is 0.0208. The fraction of sp³-hybridized carbons (Fsp3) is 0.816. The van der Waals surface area contributed by atoms with Crippen LogP contribution in [-0.4, -0.2) is 173 Å². The van der Waals surface area contributed by atoms with E-state index in [9.17, 15) is 20.1 Å². The van der Waals surface area contributed by atoms with Gasteiger partial charge in [-0.2, -0.15) is 0 Å². The standard InChI is InChI=1S/C49H83N5O11/c1-15-16-17-35-18-20-36(21-19-35)38-27-54(51-50-38)26-37-28-61-46(58)33(6)43(64-40-24-48(8,59-13)44(57)34(7)63-40)32(5)45(65-47-42(56)39(52(10)11)22-31(4)62-47)49(9,60-14)23-29(2)41(55)30(3)25-53(37)12/h18-21,27,29-34,37,39-45,47,55-57H,15-17,22-26,28H2,1-14H3/t29-,30-,31-,32+,33-,34+,37+,39+,40+,41+,42-,43+,44+,45-,47+,48-,49-/m1/s1. The highest BCUT2D eigenvalue weighted by atomic mass is 16.7. The molecule has 3 saturated heterocycles. The van der Waals surface area contributed by atoms with Crippen molar-refractivity contribution in [3.05, 3.63) is 36.0 Å². The van der Waals surface area contributed by atoms with Crippen LogP contribution in [0.5, 0.6) is 0 Å². The molecule has 0 saturated carbocycles. The summed E-state index contributed by atoms with van der Waals surface area (Å²) < 4.78 is 46.9. The molecule has 0 spiro atoms. The average molecular weight is 918 g/mol. The van der Waals surface area contributed by atoms with Gasteiger partial charge in [0.25, 0.3) is 0 Å². The Morgan fingerprint density at radius 1 is 0.908 bits per heavy atom. The van der Waals surface area contributed by atoms with Crippen LogP contribution in [0.25, 0.3) is 11.3 Å². The SMILES string of the molecule is CCCCc1ccc(-c2cn(C[C@H]3COC(=O)[C@H](C)[C@@H](O[C@H]4C[C@@](C)(OC)[C@@H](O)[C@H](C)O4)[C@H](C)[C@@H](O[C@@H]4O[C@H](C)C[C@H](N(C)C)[C@H]4O)[C@](C)(OC)C[C@@H](C)[C@H](O)[C@H](C)CN3C)nn2)cc1. The second-order valence-corrected chi connectivity index (χ2v) is 20.3. The summed E-state index contributed by atoms with van der Waals surface area (Å²) in [5.74, 6) is -2.50. The number of ether oxygens (including phenoxy) is 7. The largest absolute Gasteiger partial charge is 0.464 e. The lowest BCUT2D eigenvalue weighted by Gasteiger charge is -2.49. The number of hydrogen-bond donors (Lipinski definition) is 3. The van der Waals surface area contributed by atoms with Crippen molar-refractivity contribution in [3.8, 4) is 11.3 Å². The van der Waals surface area contributed by atoms with Crippen LogP contribution < -0.4 is 0 Å². The van der Waals surface area contributed by atoms with Crippen LogP contribution >= 0.6 is 0 Å². The van der Waals surface area contributed by atoms with E-state index in [1.807, 2.05) is 73.8 Å². The van der Waals surface area contributed by atoms with Crippen LogP contribution in [0, 0.1) is 23.7 Å². The molecule has 4 heterocycles. The van der Waals surface area contributed by atoms with Crippen molar-refractivity contribution >= 4 is 5.97 Å². The van der Waals surface area contributed by atoms with Crippen molar-refractivity contribution in [1.82, 2.24) is 24.8 Å². The molecule has 3 fully saturated rings. The molecule has 3 aliphatic rings. The lowest BCUT2D eigenvalue weighted by atomic mass is 9.75. The number of hydrogen-bond acceptors (Lipinski definition) is 15. The summed E-state index contributed by atoms with van der Waals surface area (Å²) in [5.41, 5.74) is 0.905. The van der Waals surface area contributed by atoms with E-state index in [0.29, 0.717) is 25.9 Å². The van der Waals surface area contributed by atoms with Crippen LogP contribution in [0.2, 0.25) is 0 Å². The highest BCUT2D eigenvalue weighted by molar-refractivity contribution is 5.72. The van der Waals surface area contributed by atoms with Crippen molar-refractivity contribution in [2.45, 2.75) is 186 Å². The molecule has 65 heavy (non-hydrogen) atoms. The van der Waals surface area contributed by atoms with Crippen molar-refractivity contribution in [2.75, 3.05) is 48.5 Å². The third-order valence-corrected chi connectivity index (χ3v) is 14.8. The van der Waals surface area contributed by atoms with Gasteiger partial charge in [-0.25, -0.2) is 0 Å². The molecule has 16 nitrogen and oxygen atoms in total. The molecule has 1 aromatic heterocycles. The van der Waals surface area contributed by atoms with E-state index in [0.717, 1.165) is 30.5 Å². The third-order valence-electron chi connectivity index (χ3n) is 14.8. The van der Waals surface area contributed by atoms with E-state index < -0.39 is 78.2 Å². The molecule has 0 bridgehead atoms. The monoisotopic (exact) mass is 918 g/mol. The first-order valence-corrected chi connectivity index (χ1v) is 23.9. The fourth-order valence-electron chi connectivity index (χ4n) is 10.3. The van der Waals surface area contributed by atoms with Gasteiger partial charge in [-0.3, -0.25) is 14.4 Å². The van der Waals surface area contributed by atoms with Gasteiger partial charge in [0, 0.05) is 44.7 Å². The zero-order valence-corrected chi connectivity index (χ0v) is 41.8. The van der Waals surface area contributed by atoms with E-state index in [4.69, 9.17) is 33.2 Å². The van der Waals surface area contributed by atoms with E-state index in [2.05, 4.69) is 46.4 Å². The molecule has 0 radical (unpaired) electrons. The van der Waals surface area contributed by atoms with Crippen LogP contribution in [0.4, 0.5) is 0 Å². The summed E-state index contributed by atoms with van der Waals surface area (Å²) in [5, 5.41) is 43.9. The molecule has 370 valence electrons. The minimum atomic E-state index is -1.10. The number of esters is 1. The molecule has 2 aromatic rings. The minimum Gasteiger partial charge on any atom is -0.464 e. The highest BCUT2D eigenvalue weighted by Crippen LogP contribution is 2.41. The number of nitrogens with zero attached hydrogens (tertiary/aromatic N) is 5. The maximum Gasteiger partial charge on any atom is 0.311 e. The van der Waals surface area contributed by atoms with Crippen LogP contribution in [-0.2, 0) is 50.9 Å². The number of carbonyl (C=O) groups is 1. The summed E-state index contributed by atoms with van der Waals surface area (Å²) in [4.78, 5) is 18.7. The number of rotatable bonds is 13. The number of aromatic nitrogens is 3. The van der Waals surface area contributed by atoms with Crippen LogP contribution in [0.3, 0.4) is 0 Å². The number of carbonyl (C=O) groups excluding carboxylic acids is 1. The molecule has 1 aromatic carbocycles.